The van der Waals surface area contributed by atoms with Gasteiger partial charge in [0.1, 0.15) is 5.75 Å². The lowest BCUT2D eigenvalue weighted by atomic mass is 10.1. The third-order valence-corrected chi connectivity index (χ3v) is 3.71. The van der Waals surface area contributed by atoms with Gasteiger partial charge in [-0.1, -0.05) is 37.3 Å². The van der Waals surface area contributed by atoms with Gasteiger partial charge in [-0.15, -0.1) is 0 Å². The third kappa shape index (κ3) is 4.25. The highest BCUT2D eigenvalue weighted by molar-refractivity contribution is 7.92. The van der Waals surface area contributed by atoms with Gasteiger partial charge in [-0.05, 0) is 5.56 Å². The molecule has 82 valence electrons. The van der Waals surface area contributed by atoms with E-state index in [-0.39, 0.29) is 23.7 Å². The Bertz CT molecular complexity index is 420. The Balaban J connectivity index is 2.58. The van der Waals surface area contributed by atoms with Crippen LogP contribution in [-0.2, 0) is 21.1 Å². The third-order valence-electron chi connectivity index (χ3n) is 2.06. The molecule has 3 nitrogen and oxygen atoms in total. The van der Waals surface area contributed by atoms with Crippen LogP contribution in [0.25, 0.3) is 0 Å². The summed E-state index contributed by atoms with van der Waals surface area (Å²) in [6.45, 7) is 1.55. The lowest BCUT2D eigenvalue weighted by molar-refractivity contribution is -0.116. The van der Waals surface area contributed by atoms with Crippen LogP contribution >= 0.6 is 0 Å². The van der Waals surface area contributed by atoms with Gasteiger partial charge >= 0.3 is 0 Å². The maximum absolute atomic E-state index is 11.4. The maximum atomic E-state index is 11.4. The maximum Gasteiger partial charge on any atom is 0.157 e. The van der Waals surface area contributed by atoms with Gasteiger partial charge in [-0.2, -0.15) is 0 Å². The molecule has 0 amide bonds. The second-order valence-corrected chi connectivity index (χ2v) is 5.73. The Labute approximate surface area is 90.0 Å². The van der Waals surface area contributed by atoms with Crippen LogP contribution < -0.4 is 0 Å². The summed E-state index contributed by atoms with van der Waals surface area (Å²) in [5.74, 6) is -0.575. The second-order valence-electron chi connectivity index (χ2n) is 3.38. The minimum absolute atomic E-state index is 0.0214. The molecule has 0 heterocycles. The monoisotopic (exact) mass is 226 g/mol. The van der Waals surface area contributed by atoms with Crippen molar-refractivity contribution in [1.82, 2.24) is 0 Å². The van der Waals surface area contributed by atoms with Gasteiger partial charge in [-0.3, -0.25) is 4.79 Å². The predicted octanol–water partition coefficient (Wildman–Crippen LogP) is 1.23. The molecule has 0 aliphatic rings. The van der Waals surface area contributed by atoms with Crippen LogP contribution in [0.3, 0.4) is 0 Å². The summed E-state index contributed by atoms with van der Waals surface area (Å²) in [4.78, 5) is 11.4. The first-order chi connectivity index (χ1) is 7.03. The zero-order valence-electron chi connectivity index (χ0n) is 8.64. The first-order valence-corrected chi connectivity index (χ1v) is 6.61. The molecular weight excluding hydrogens is 212 g/mol. The van der Waals surface area contributed by atoms with E-state index >= 15 is 0 Å². The second kappa shape index (κ2) is 5.07. The fraction of sp³-hybridized carbons (Fsp3) is 0.364. The van der Waals surface area contributed by atoms with Crippen molar-refractivity contribution < 1.29 is 13.2 Å². The molecule has 0 atom stereocenters. The number of sulfone groups is 1. The number of rotatable bonds is 5. The first kappa shape index (κ1) is 11.9. The van der Waals surface area contributed by atoms with Gasteiger partial charge in [0.25, 0.3) is 0 Å². The average molecular weight is 226 g/mol. The molecule has 1 aromatic carbocycles. The van der Waals surface area contributed by atoms with E-state index < -0.39 is 9.84 Å². The molecule has 1 aromatic rings. The van der Waals surface area contributed by atoms with E-state index in [0.717, 1.165) is 5.56 Å². The van der Waals surface area contributed by atoms with Crippen molar-refractivity contribution in [3.63, 3.8) is 0 Å². The topological polar surface area (TPSA) is 51.2 Å². The summed E-state index contributed by atoms with van der Waals surface area (Å²) in [6.07, 6.45) is 0.195. The Morgan fingerprint density at radius 1 is 1.20 bits per heavy atom. The summed E-state index contributed by atoms with van der Waals surface area (Å²) in [5, 5.41) is 0. The highest BCUT2D eigenvalue weighted by Crippen LogP contribution is 2.02. The Hall–Kier alpha value is -1.16. The average Bonchev–Trinajstić information content (AvgIpc) is 2.18. The summed E-state index contributed by atoms with van der Waals surface area (Å²) in [6, 6.07) is 9.15. The minimum atomic E-state index is -3.19. The van der Waals surface area contributed by atoms with Crippen LogP contribution in [0.4, 0.5) is 0 Å². The SMILES string of the molecule is CCS(=O)(=O)CC(=O)Cc1ccccc1. The van der Waals surface area contributed by atoms with E-state index in [1.54, 1.807) is 6.92 Å². The van der Waals surface area contributed by atoms with E-state index in [1.165, 1.54) is 0 Å². The quantitative estimate of drug-likeness (QED) is 0.759. The van der Waals surface area contributed by atoms with Gasteiger partial charge in [0.15, 0.2) is 15.6 Å². The first-order valence-electron chi connectivity index (χ1n) is 4.79. The zero-order valence-corrected chi connectivity index (χ0v) is 9.46. The normalized spacial score (nSPS) is 11.3. The fourth-order valence-corrected chi connectivity index (χ4v) is 2.02. The van der Waals surface area contributed by atoms with Crippen molar-refractivity contribution in [2.75, 3.05) is 11.5 Å². The molecule has 0 bridgehead atoms. The zero-order chi connectivity index (χ0) is 11.3. The predicted molar refractivity (Wildman–Crippen MR) is 59.5 cm³/mol. The van der Waals surface area contributed by atoms with E-state index in [2.05, 4.69) is 0 Å². The van der Waals surface area contributed by atoms with Crippen LogP contribution in [-0.4, -0.2) is 25.7 Å². The molecular formula is C11H14O3S. The number of carbonyl (C=O) groups excluding carboxylic acids is 1. The number of carbonyl (C=O) groups is 1. The van der Waals surface area contributed by atoms with Gasteiger partial charge in [-0.25, -0.2) is 8.42 Å². The smallest absolute Gasteiger partial charge is 0.157 e. The molecule has 0 saturated carbocycles. The number of Topliss-reactive ketones (excluding diaryl/α,β-unsaturated/α-hetero) is 1. The lowest BCUT2D eigenvalue weighted by Crippen LogP contribution is -2.19. The van der Waals surface area contributed by atoms with E-state index in [0.29, 0.717) is 0 Å². The van der Waals surface area contributed by atoms with Gasteiger partial charge in [0.05, 0.1) is 0 Å². The molecule has 15 heavy (non-hydrogen) atoms. The summed E-state index contributed by atoms with van der Waals surface area (Å²) in [5.41, 5.74) is 0.855. The van der Waals surface area contributed by atoms with Crippen molar-refractivity contribution in [3.8, 4) is 0 Å². The van der Waals surface area contributed by atoms with Crippen molar-refractivity contribution in [1.29, 1.82) is 0 Å². The summed E-state index contributed by atoms with van der Waals surface area (Å²) in [7, 11) is -3.19. The summed E-state index contributed by atoms with van der Waals surface area (Å²) < 4.78 is 22.4. The molecule has 0 fully saturated rings. The molecule has 0 unspecified atom stereocenters. The highest BCUT2D eigenvalue weighted by Gasteiger charge is 2.14. The highest BCUT2D eigenvalue weighted by atomic mass is 32.2. The van der Waals surface area contributed by atoms with Crippen LogP contribution in [0.15, 0.2) is 30.3 Å². The van der Waals surface area contributed by atoms with E-state index in [4.69, 9.17) is 0 Å². The molecule has 1 rings (SSSR count). The standard InChI is InChI=1S/C11H14O3S/c1-2-15(13,14)9-11(12)8-10-6-4-3-5-7-10/h3-7H,2,8-9H2,1H3. The van der Waals surface area contributed by atoms with Crippen LogP contribution in [0, 0.1) is 0 Å². The Morgan fingerprint density at radius 2 is 1.80 bits per heavy atom. The fourth-order valence-electron chi connectivity index (χ4n) is 1.22. The molecule has 0 saturated heterocycles. The van der Waals surface area contributed by atoms with E-state index in [9.17, 15) is 13.2 Å². The van der Waals surface area contributed by atoms with Crippen LogP contribution in [0.1, 0.15) is 12.5 Å². The molecule has 0 aliphatic carbocycles. The largest absolute Gasteiger partial charge is 0.298 e. The number of hydrogen-bond acceptors (Lipinski definition) is 3. The number of ketones is 1. The molecule has 0 aromatic heterocycles. The van der Waals surface area contributed by atoms with Crippen molar-refractivity contribution in [2.45, 2.75) is 13.3 Å². The molecule has 0 N–H and O–H groups in total. The number of hydrogen-bond donors (Lipinski definition) is 0. The van der Waals surface area contributed by atoms with Crippen molar-refractivity contribution in [3.05, 3.63) is 35.9 Å². The van der Waals surface area contributed by atoms with Gasteiger partial charge in [0.2, 0.25) is 0 Å². The number of benzene rings is 1. The van der Waals surface area contributed by atoms with Crippen LogP contribution in [0.2, 0.25) is 0 Å². The van der Waals surface area contributed by atoms with Crippen LogP contribution in [0.5, 0.6) is 0 Å². The summed E-state index contributed by atoms with van der Waals surface area (Å²) >= 11 is 0. The minimum Gasteiger partial charge on any atom is -0.298 e. The van der Waals surface area contributed by atoms with Crippen molar-refractivity contribution >= 4 is 15.6 Å². The van der Waals surface area contributed by atoms with E-state index in [1.807, 2.05) is 30.3 Å². The van der Waals surface area contributed by atoms with Crippen molar-refractivity contribution in [2.24, 2.45) is 0 Å². The lowest BCUT2D eigenvalue weighted by Gasteiger charge is -2.01. The molecule has 0 spiro atoms. The van der Waals surface area contributed by atoms with Gasteiger partial charge < -0.3 is 0 Å². The molecule has 0 radical (unpaired) electrons. The Kier molecular flexibility index (Phi) is 4.03. The Morgan fingerprint density at radius 3 is 2.33 bits per heavy atom. The van der Waals surface area contributed by atoms with Gasteiger partial charge in [0, 0.05) is 12.2 Å². The molecule has 4 heteroatoms. The molecule has 0 aliphatic heterocycles.